The van der Waals surface area contributed by atoms with Gasteiger partial charge < -0.3 is 20.4 Å². The molecule has 0 spiro atoms. The minimum absolute atomic E-state index is 0.193. The average Bonchev–Trinajstić information content (AvgIpc) is 2.82. The topological polar surface area (TPSA) is 101 Å². The SMILES string of the molecule is CCC(C(CC(=O)O)N1CC1)C(O)(O)O. The fourth-order valence-corrected chi connectivity index (χ4v) is 1.90. The number of rotatable bonds is 6. The van der Waals surface area contributed by atoms with Crippen LogP contribution in [-0.4, -0.2) is 56.4 Å². The van der Waals surface area contributed by atoms with Crippen molar-refractivity contribution in [1.29, 1.82) is 0 Å². The molecule has 0 radical (unpaired) electrons. The Kier molecular flexibility index (Phi) is 3.67. The second kappa shape index (κ2) is 4.44. The van der Waals surface area contributed by atoms with Crippen molar-refractivity contribution in [3.63, 3.8) is 0 Å². The van der Waals surface area contributed by atoms with Crippen LogP contribution < -0.4 is 0 Å². The van der Waals surface area contributed by atoms with Crippen molar-refractivity contribution >= 4 is 5.97 Å². The summed E-state index contributed by atoms with van der Waals surface area (Å²) in [5.74, 6) is -4.68. The Hall–Kier alpha value is -0.690. The number of aliphatic carboxylic acids is 1. The molecule has 1 rings (SSSR count). The van der Waals surface area contributed by atoms with Gasteiger partial charge in [-0.2, -0.15) is 0 Å². The van der Waals surface area contributed by atoms with Crippen molar-refractivity contribution in [3.05, 3.63) is 0 Å². The van der Waals surface area contributed by atoms with Crippen molar-refractivity contribution in [2.45, 2.75) is 31.8 Å². The third-order valence-corrected chi connectivity index (χ3v) is 2.74. The minimum atomic E-state index is -2.81. The molecule has 1 heterocycles. The number of aliphatic hydroxyl groups is 3. The molecule has 6 nitrogen and oxygen atoms in total. The molecule has 15 heavy (non-hydrogen) atoms. The molecule has 1 saturated heterocycles. The van der Waals surface area contributed by atoms with Gasteiger partial charge in [0, 0.05) is 19.1 Å². The van der Waals surface area contributed by atoms with E-state index in [1.807, 2.05) is 0 Å². The summed E-state index contributed by atoms with van der Waals surface area (Å²) in [5.41, 5.74) is 0. The molecule has 1 aliphatic rings. The number of carboxylic acids is 1. The van der Waals surface area contributed by atoms with Gasteiger partial charge in [-0.1, -0.05) is 6.92 Å². The molecule has 0 saturated carbocycles. The highest BCUT2D eigenvalue weighted by atomic mass is 16.7. The zero-order valence-electron chi connectivity index (χ0n) is 8.63. The molecule has 2 atom stereocenters. The lowest BCUT2D eigenvalue weighted by Crippen LogP contribution is -2.47. The first-order valence-corrected chi connectivity index (χ1v) is 4.99. The Morgan fingerprint density at radius 3 is 2.20 bits per heavy atom. The summed E-state index contributed by atoms with van der Waals surface area (Å²) >= 11 is 0. The number of carboxylic acid groups (broad SMARTS) is 1. The molecule has 0 aromatic rings. The number of hydrogen-bond donors (Lipinski definition) is 4. The van der Waals surface area contributed by atoms with Crippen LogP contribution in [0.4, 0.5) is 0 Å². The first kappa shape index (κ1) is 12.4. The fraction of sp³-hybridized carbons (Fsp3) is 0.889. The molecule has 1 aliphatic heterocycles. The third-order valence-electron chi connectivity index (χ3n) is 2.74. The zero-order valence-corrected chi connectivity index (χ0v) is 8.63. The Morgan fingerprint density at radius 2 is 1.93 bits per heavy atom. The molecule has 0 aromatic heterocycles. The fourth-order valence-electron chi connectivity index (χ4n) is 1.90. The van der Waals surface area contributed by atoms with E-state index in [2.05, 4.69) is 0 Å². The van der Waals surface area contributed by atoms with Crippen molar-refractivity contribution < 1.29 is 25.2 Å². The van der Waals surface area contributed by atoms with Crippen LogP contribution in [0.2, 0.25) is 0 Å². The van der Waals surface area contributed by atoms with Crippen LogP contribution in [0.25, 0.3) is 0 Å². The second-order valence-corrected chi connectivity index (χ2v) is 3.90. The minimum Gasteiger partial charge on any atom is -0.481 e. The van der Waals surface area contributed by atoms with E-state index in [1.54, 1.807) is 11.8 Å². The third kappa shape index (κ3) is 3.42. The van der Waals surface area contributed by atoms with Crippen LogP contribution in [0.3, 0.4) is 0 Å². The predicted molar refractivity (Wildman–Crippen MR) is 50.8 cm³/mol. The van der Waals surface area contributed by atoms with Gasteiger partial charge in [0.1, 0.15) is 0 Å². The quantitative estimate of drug-likeness (QED) is 0.331. The summed E-state index contributed by atoms with van der Waals surface area (Å²) in [6.07, 6.45) is 0.111. The summed E-state index contributed by atoms with van der Waals surface area (Å²) < 4.78 is 0. The Labute approximate surface area is 87.8 Å². The van der Waals surface area contributed by atoms with E-state index in [0.717, 1.165) is 13.1 Å². The molecule has 0 aromatic carbocycles. The zero-order chi connectivity index (χ0) is 11.6. The van der Waals surface area contributed by atoms with Gasteiger partial charge in [0.2, 0.25) is 0 Å². The lowest BCUT2D eigenvalue weighted by molar-refractivity contribution is -0.348. The molecule has 1 fully saturated rings. The van der Waals surface area contributed by atoms with Crippen LogP contribution in [0.15, 0.2) is 0 Å². The first-order valence-electron chi connectivity index (χ1n) is 4.99. The van der Waals surface area contributed by atoms with E-state index in [9.17, 15) is 4.79 Å². The van der Waals surface area contributed by atoms with Gasteiger partial charge in [0.25, 0.3) is 5.97 Å². The molecule has 0 bridgehead atoms. The van der Waals surface area contributed by atoms with Gasteiger partial charge in [-0.15, -0.1) is 0 Å². The summed E-state index contributed by atoms with van der Waals surface area (Å²) in [7, 11) is 0. The summed E-state index contributed by atoms with van der Waals surface area (Å²) in [4.78, 5) is 12.4. The van der Waals surface area contributed by atoms with Crippen LogP contribution in [-0.2, 0) is 4.79 Å². The molecule has 6 heteroatoms. The summed E-state index contributed by atoms with van der Waals surface area (Å²) in [6, 6.07) is -0.521. The van der Waals surface area contributed by atoms with Crippen LogP contribution in [0.5, 0.6) is 0 Å². The van der Waals surface area contributed by atoms with E-state index < -0.39 is 23.9 Å². The van der Waals surface area contributed by atoms with E-state index in [0.29, 0.717) is 6.42 Å². The van der Waals surface area contributed by atoms with Crippen molar-refractivity contribution in [3.8, 4) is 0 Å². The number of nitrogens with zero attached hydrogens (tertiary/aromatic N) is 1. The summed E-state index contributed by atoms with van der Waals surface area (Å²) in [6.45, 7) is 3.16. The maximum atomic E-state index is 10.6. The number of carbonyl (C=O) groups is 1. The molecule has 2 unspecified atom stereocenters. The Morgan fingerprint density at radius 1 is 1.40 bits per heavy atom. The highest BCUT2D eigenvalue weighted by Crippen LogP contribution is 2.29. The maximum Gasteiger partial charge on any atom is 0.304 e. The van der Waals surface area contributed by atoms with Gasteiger partial charge in [-0.05, 0) is 6.42 Å². The van der Waals surface area contributed by atoms with Crippen molar-refractivity contribution in [2.75, 3.05) is 13.1 Å². The lowest BCUT2D eigenvalue weighted by Gasteiger charge is -2.32. The van der Waals surface area contributed by atoms with Gasteiger partial charge in [-0.3, -0.25) is 9.69 Å². The standard InChI is InChI=1S/C9H17NO5/c1-2-6(9(13,14)15)7(5-8(11)12)10-3-4-10/h6-7,13-15H,2-5H2,1H3,(H,11,12). The van der Waals surface area contributed by atoms with E-state index in [1.165, 1.54) is 0 Å². The lowest BCUT2D eigenvalue weighted by atomic mass is 9.91. The largest absolute Gasteiger partial charge is 0.481 e. The molecule has 0 aliphatic carbocycles. The highest BCUT2D eigenvalue weighted by Gasteiger charge is 2.43. The number of hydrogen-bond acceptors (Lipinski definition) is 5. The first-order chi connectivity index (χ1) is 6.86. The van der Waals surface area contributed by atoms with Crippen LogP contribution >= 0.6 is 0 Å². The molecular weight excluding hydrogens is 202 g/mol. The van der Waals surface area contributed by atoms with Crippen LogP contribution in [0.1, 0.15) is 19.8 Å². The molecule has 88 valence electrons. The maximum absolute atomic E-state index is 10.6. The van der Waals surface area contributed by atoms with Crippen molar-refractivity contribution in [1.82, 2.24) is 4.90 Å². The normalized spacial score (nSPS) is 21.1. The second-order valence-electron chi connectivity index (χ2n) is 3.90. The highest BCUT2D eigenvalue weighted by molar-refractivity contribution is 5.67. The van der Waals surface area contributed by atoms with Gasteiger partial charge in [0.15, 0.2) is 0 Å². The van der Waals surface area contributed by atoms with Crippen LogP contribution in [0, 0.1) is 5.92 Å². The van der Waals surface area contributed by atoms with Gasteiger partial charge in [0.05, 0.1) is 12.3 Å². The average molecular weight is 219 g/mol. The predicted octanol–water partition coefficient (Wildman–Crippen LogP) is -1.20. The molecule has 4 N–H and O–H groups in total. The monoisotopic (exact) mass is 219 g/mol. The Bertz CT molecular complexity index is 233. The smallest absolute Gasteiger partial charge is 0.304 e. The van der Waals surface area contributed by atoms with Gasteiger partial charge in [-0.25, -0.2) is 0 Å². The van der Waals surface area contributed by atoms with Gasteiger partial charge >= 0.3 is 5.97 Å². The summed E-state index contributed by atoms with van der Waals surface area (Å²) in [5, 5.41) is 36.1. The Balaban J connectivity index is 2.71. The van der Waals surface area contributed by atoms with E-state index in [-0.39, 0.29) is 6.42 Å². The van der Waals surface area contributed by atoms with E-state index >= 15 is 0 Å². The molecule has 0 amide bonds. The van der Waals surface area contributed by atoms with E-state index in [4.69, 9.17) is 20.4 Å². The molecular formula is C9H17NO5. The van der Waals surface area contributed by atoms with Crippen molar-refractivity contribution in [2.24, 2.45) is 5.92 Å².